The highest BCUT2D eigenvalue weighted by atomic mass is 16.2. The normalized spacial score (nSPS) is 22.2. The van der Waals surface area contributed by atoms with Crippen molar-refractivity contribution >= 4 is 17.7 Å². The molecule has 1 aromatic rings. The Morgan fingerprint density at radius 2 is 2.12 bits per heavy atom. The third-order valence-corrected chi connectivity index (χ3v) is 5.26. The summed E-state index contributed by atoms with van der Waals surface area (Å²) in [4.78, 5) is 37.7. The fourth-order valence-electron chi connectivity index (χ4n) is 3.33. The molecule has 2 atom stereocenters. The molecule has 4 N–H and O–H groups in total. The van der Waals surface area contributed by atoms with Gasteiger partial charge < -0.3 is 16.0 Å². The molecule has 0 aromatic heterocycles. The molecule has 2 unspecified atom stereocenters. The van der Waals surface area contributed by atoms with Crippen LogP contribution in [0.15, 0.2) is 18.2 Å². The molecule has 7 nitrogen and oxygen atoms in total. The Labute approximate surface area is 153 Å². The minimum absolute atomic E-state index is 0.145. The van der Waals surface area contributed by atoms with Gasteiger partial charge in [0.05, 0.1) is 0 Å². The molecule has 7 heteroatoms. The number of piperidine rings is 1. The highest BCUT2D eigenvalue weighted by molar-refractivity contribution is 6.05. The molecule has 0 spiro atoms. The summed E-state index contributed by atoms with van der Waals surface area (Å²) in [7, 11) is 0. The average molecular weight is 358 g/mol. The molecule has 0 radical (unpaired) electrons. The van der Waals surface area contributed by atoms with Crippen molar-refractivity contribution in [1.29, 1.82) is 0 Å². The van der Waals surface area contributed by atoms with E-state index in [2.05, 4.69) is 17.6 Å². The SMILES string of the molecule is CCC(C)(N)CNCc1ccc2c(c1)C(=O)N(C1CCC(=O)NC1=O)C2. The number of fused-ring (bicyclic) bond motifs is 1. The van der Waals surface area contributed by atoms with Crippen molar-refractivity contribution in [1.82, 2.24) is 15.5 Å². The first kappa shape index (κ1) is 18.5. The van der Waals surface area contributed by atoms with Crippen LogP contribution in [0.5, 0.6) is 0 Å². The quantitative estimate of drug-likeness (QED) is 0.648. The average Bonchev–Trinajstić information content (AvgIpc) is 2.91. The molecule has 0 aliphatic carbocycles. The number of nitrogens with two attached hydrogens (primary N) is 1. The number of nitrogens with zero attached hydrogens (tertiary/aromatic N) is 1. The minimum atomic E-state index is -0.573. The van der Waals surface area contributed by atoms with Crippen molar-refractivity contribution in [2.24, 2.45) is 5.73 Å². The summed E-state index contributed by atoms with van der Waals surface area (Å²) in [6.45, 7) is 5.79. The van der Waals surface area contributed by atoms with Gasteiger partial charge in [-0.25, -0.2) is 0 Å². The summed E-state index contributed by atoms with van der Waals surface area (Å²) >= 11 is 0. The zero-order valence-electron chi connectivity index (χ0n) is 15.3. The zero-order chi connectivity index (χ0) is 18.9. The van der Waals surface area contributed by atoms with E-state index in [-0.39, 0.29) is 29.7 Å². The maximum atomic E-state index is 12.8. The molecular formula is C19H26N4O3. The van der Waals surface area contributed by atoms with Crippen molar-refractivity contribution in [3.63, 3.8) is 0 Å². The van der Waals surface area contributed by atoms with Crippen LogP contribution in [0, 0.1) is 0 Å². The van der Waals surface area contributed by atoms with Crippen LogP contribution in [0.2, 0.25) is 0 Å². The Morgan fingerprint density at radius 1 is 1.35 bits per heavy atom. The van der Waals surface area contributed by atoms with Gasteiger partial charge in [-0.05, 0) is 37.0 Å². The first-order valence-electron chi connectivity index (χ1n) is 9.07. The number of imide groups is 1. The van der Waals surface area contributed by atoms with Crippen LogP contribution in [-0.2, 0) is 22.7 Å². The van der Waals surface area contributed by atoms with E-state index in [1.807, 2.05) is 25.1 Å². The number of carbonyl (C=O) groups is 3. The van der Waals surface area contributed by atoms with E-state index in [4.69, 9.17) is 5.73 Å². The highest BCUT2D eigenvalue weighted by Gasteiger charge is 2.39. The molecule has 1 fully saturated rings. The van der Waals surface area contributed by atoms with Crippen LogP contribution in [0.25, 0.3) is 0 Å². The van der Waals surface area contributed by atoms with E-state index in [0.29, 0.717) is 31.6 Å². The second kappa shape index (κ2) is 7.17. The Kier molecular flexibility index (Phi) is 5.11. The topological polar surface area (TPSA) is 105 Å². The van der Waals surface area contributed by atoms with Crippen LogP contribution in [0.4, 0.5) is 0 Å². The number of hydrogen-bond donors (Lipinski definition) is 3. The fraction of sp³-hybridized carbons (Fsp3) is 0.526. The largest absolute Gasteiger partial charge is 0.324 e. The molecule has 2 heterocycles. The molecule has 3 amide bonds. The van der Waals surface area contributed by atoms with Crippen LogP contribution < -0.4 is 16.4 Å². The summed E-state index contributed by atoms with van der Waals surface area (Å²) in [6, 6.07) is 5.25. The predicted molar refractivity (Wildman–Crippen MR) is 97.1 cm³/mol. The van der Waals surface area contributed by atoms with Crippen molar-refractivity contribution in [2.75, 3.05) is 6.54 Å². The molecule has 0 saturated carbocycles. The number of amides is 3. The van der Waals surface area contributed by atoms with Crippen molar-refractivity contribution in [3.8, 4) is 0 Å². The van der Waals surface area contributed by atoms with Crippen molar-refractivity contribution in [3.05, 3.63) is 34.9 Å². The molecule has 140 valence electrons. The predicted octanol–water partition coefficient (Wildman–Crippen LogP) is 0.665. The number of carbonyl (C=O) groups excluding carboxylic acids is 3. The minimum Gasteiger partial charge on any atom is -0.324 e. The van der Waals surface area contributed by atoms with Gasteiger partial charge in [0.2, 0.25) is 11.8 Å². The fourth-order valence-corrected chi connectivity index (χ4v) is 3.33. The van der Waals surface area contributed by atoms with E-state index < -0.39 is 6.04 Å². The lowest BCUT2D eigenvalue weighted by atomic mass is 10.0. The van der Waals surface area contributed by atoms with Gasteiger partial charge in [0, 0.05) is 37.2 Å². The first-order valence-corrected chi connectivity index (χ1v) is 9.07. The van der Waals surface area contributed by atoms with Gasteiger partial charge in [0.1, 0.15) is 6.04 Å². The van der Waals surface area contributed by atoms with E-state index in [0.717, 1.165) is 17.5 Å². The highest BCUT2D eigenvalue weighted by Crippen LogP contribution is 2.28. The van der Waals surface area contributed by atoms with Gasteiger partial charge in [-0.2, -0.15) is 0 Å². The third kappa shape index (κ3) is 3.78. The Bertz CT molecular complexity index is 744. The second-order valence-corrected chi connectivity index (χ2v) is 7.50. The summed E-state index contributed by atoms with van der Waals surface area (Å²) in [5, 5.41) is 5.65. The van der Waals surface area contributed by atoms with Gasteiger partial charge in [-0.15, -0.1) is 0 Å². The lowest BCUT2D eigenvalue weighted by molar-refractivity contribution is -0.136. The Morgan fingerprint density at radius 3 is 2.81 bits per heavy atom. The summed E-state index contributed by atoms with van der Waals surface area (Å²) in [5.41, 5.74) is 8.44. The van der Waals surface area contributed by atoms with E-state index in [1.54, 1.807) is 4.90 Å². The van der Waals surface area contributed by atoms with E-state index >= 15 is 0 Å². The number of rotatable bonds is 6. The third-order valence-electron chi connectivity index (χ3n) is 5.26. The molecule has 26 heavy (non-hydrogen) atoms. The van der Waals surface area contributed by atoms with E-state index in [1.165, 1.54) is 0 Å². The van der Waals surface area contributed by atoms with Crippen molar-refractivity contribution < 1.29 is 14.4 Å². The lowest BCUT2D eigenvalue weighted by Gasteiger charge is -2.29. The maximum Gasteiger partial charge on any atom is 0.255 e. The summed E-state index contributed by atoms with van der Waals surface area (Å²) in [5.74, 6) is -0.803. The Balaban J connectivity index is 1.67. The van der Waals surface area contributed by atoms with Gasteiger partial charge >= 0.3 is 0 Å². The molecule has 2 aliphatic heterocycles. The van der Waals surface area contributed by atoms with Crippen LogP contribution >= 0.6 is 0 Å². The van der Waals surface area contributed by atoms with Gasteiger partial charge in [0.25, 0.3) is 5.91 Å². The van der Waals surface area contributed by atoms with Crippen LogP contribution in [0.3, 0.4) is 0 Å². The molecule has 2 aliphatic rings. The van der Waals surface area contributed by atoms with Gasteiger partial charge in [0.15, 0.2) is 0 Å². The maximum absolute atomic E-state index is 12.8. The second-order valence-electron chi connectivity index (χ2n) is 7.50. The summed E-state index contributed by atoms with van der Waals surface area (Å²) in [6.07, 6.45) is 1.52. The van der Waals surface area contributed by atoms with E-state index in [9.17, 15) is 14.4 Å². The molecule has 1 aromatic carbocycles. The number of hydrogen-bond acceptors (Lipinski definition) is 5. The van der Waals surface area contributed by atoms with Gasteiger partial charge in [-0.3, -0.25) is 19.7 Å². The summed E-state index contributed by atoms with van der Waals surface area (Å²) < 4.78 is 0. The van der Waals surface area contributed by atoms with Crippen molar-refractivity contribution in [2.45, 2.75) is 57.8 Å². The molecule has 0 bridgehead atoms. The van der Waals surface area contributed by atoms with Crippen LogP contribution in [0.1, 0.15) is 54.6 Å². The molecule has 3 rings (SSSR count). The number of nitrogens with one attached hydrogen (secondary N) is 2. The Hall–Kier alpha value is -2.25. The zero-order valence-corrected chi connectivity index (χ0v) is 15.3. The number of benzene rings is 1. The van der Waals surface area contributed by atoms with Gasteiger partial charge in [-0.1, -0.05) is 19.1 Å². The monoisotopic (exact) mass is 358 g/mol. The first-order chi connectivity index (χ1) is 12.3. The molecule has 1 saturated heterocycles. The standard InChI is InChI=1S/C19H26N4O3/c1-3-19(2,20)11-21-9-12-4-5-13-10-23(18(26)14(13)8-12)15-6-7-16(24)22-17(15)25/h4-5,8,15,21H,3,6-7,9-11,20H2,1-2H3,(H,22,24,25). The van der Waals surface area contributed by atoms with Crippen LogP contribution in [-0.4, -0.2) is 40.7 Å². The molecular weight excluding hydrogens is 332 g/mol. The smallest absolute Gasteiger partial charge is 0.255 e. The lowest BCUT2D eigenvalue weighted by Crippen LogP contribution is -2.52.